The van der Waals surface area contributed by atoms with Crippen molar-refractivity contribution in [1.82, 2.24) is 9.80 Å². The zero-order valence-corrected chi connectivity index (χ0v) is 11.7. The molecular weight excluding hydrogens is 222 g/mol. The Balaban J connectivity index is 1.41. The van der Waals surface area contributed by atoms with Gasteiger partial charge in [0.2, 0.25) is 0 Å². The van der Waals surface area contributed by atoms with E-state index in [-0.39, 0.29) is 0 Å². The van der Waals surface area contributed by atoms with Gasteiger partial charge in [-0.1, -0.05) is 0 Å². The molecule has 2 saturated heterocycles. The fourth-order valence-electron chi connectivity index (χ4n) is 4.12. The zero-order chi connectivity index (χ0) is 12.4. The summed E-state index contributed by atoms with van der Waals surface area (Å²) in [5.41, 5.74) is 5.99. The van der Waals surface area contributed by atoms with E-state index in [9.17, 15) is 0 Å². The highest BCUT2D eigenvalue weighted by Crippen LogP contribution is 2.27. The molecule has 1 unspecified atom stereocenters. The molecular formula is C15H29N3. The van der Waals surface area contributed by atoms with Crippen molar-refractivity contribution < 1.29 is 0 Å². The van der Waals surface area contributed by atoms with Crippen molar-refractivity contribution in [2.24, 2.45) is 11.7 Å². The Bertz CT molecular complexity index is 254. The molecule has 1 aliphatic carbocycles. The first-order valence-electron chi connectivity index (χ1n) is 8.03. The van der Waals surface area contributed by atoms with Gasteiger partial charge in [0, 0.05) is 25.2 Å². The summed E-state index contributed by atoms with van der Waals surface area (Å²) in [5, 5.41) is 0. The lowest BCUT2D eigenvalue weighted by Crippen LogP contribution is -2.37. The lowest BCUT2D eigenvalue weighted by atomic mass is 9.86. The molecule has 3 nitrogen and oxygen atoms in total. The minimum Gasteiger partial charge on any atom is -0.328 e. The van der Waals surface area contributed by atoms with E-state index in [1.54, 1.807) is 0 Å². The average Bonchev–Trinajstić information content (AvgIpc) is 3.02. The third-order valence-electron chi connectivity index (χ3n) is 5.31. The van der Waals surface area contributed by atoms with Crippen LogP contribution in [0.5, 0.6) is 0 Å². The van der Waals surface area contributed by atoms with Crippen molar-refractivity contribution >= 4 is 0 Å². The Labute approximate surface area is 112 Å². The number of rotatable bonds is 3. The van der Waals surface area contributed by atoms with Crippen molar-refractivity contribution in [3.63, 3.8) is 0 Å². The van der Waals surface area contributed by atoms with Crippen LogP contribution < -0.4 is 5.73 Å². The van der Waals surface area contributed by atoms with Crippen LogP contribution in [0.25, 0.3) is 0 Å². The summed E-state index contributed by atoms with van der Waals surface area (Å²) in [4.78, 5) is 5.46. The van der Waals surface area contributed by atoms with Crippen molar-refractivity contribution in [2.75, 3.05) is 32.7 Å². The summed E-state index contributed by atoms with van der Waals surface area (Å²) >= 11 is 0. The Hall–Kier alpha value is -0.120. The quantitative estimate of drug-likeness (QED) is 0.828. The molecule has 3 aliphatic rings. The van der Waals surface area contributed by atoms with Crippen molar-refractivity contribution in [2.45, 2.75) is 57.0 Å². The predicted molar refractivity (Wildman–Crippen MR) is 75.6 cm³/mol. The maximum atomic E-state index is 5.99. The van der Waals surface area contributed by atoms with Crippen molar-refractivity contribution in [1.29, 1.82) is 0 Å². The van der Waals surface area contributed by atoms with Gasteiger partial charge in [-0.3, -0.25) is 4.90 Å². The highest BCUT2D eigenvalue weighted by Gasteiger charge is 2.30. The summed E-state index contributed by atoms with van der Waals surface area (Å²) in [5.74, 6) is 0.933. The number of nitrogens with two attached hydrogens (primary N) is 1. The van der Waals surface area contributed by atoms with Gasteiger partial charge in [0.25, 0.3) is 0 Å². The van der Waals surface area contributed by atoms with Crippen LogP contribution in [0.2, 0.25) is 0 Å². The Morgan fingerprint density at radius 3 is 2.33 bits per heavy atom. The molecule has 0 radical (unpaired) electrons. The van der Waals surface area contributed by atoms with Gasteiger partial charge in [0.15, 0.2) is 0 Å². The Kier molecular flexibility index (Phi) is 4.22. The third-order valence-corrected chi connectivity index (χ3v) is 5.31. The minimum absolute atomic E-state index is 0.497. The lowest BCUT2D eigenvalue weighted by Gasteiger charge is -2.30. The Morgan fingerprint density at radius 2 is 1.61 bits per heavy atom. The van der Waals surface area contributed by atoms with Crippen LogP contribution in [0.1, 0.15) is 44.9 Å². The second-order valence-electron chi connectivity index (χ2n) is 6.73. The molecule has 0 aromatic heterocycles. The Morgan fingerprint density at radius 1 is 0.889 bits per heavy atom. The monoisotopic (exact) mass is 251 g/mol. The molecule has 3 heteroatoms. The van der Waals surface area contributed by atoms with Crippen LogP contribution in [-0.4, -0.2) is 54.6 Å². The molecule has 2 aliphatic heterocycles. The van der Waals surface area contributed by atoms with E-state index in [0.29, 0.717) is 6.04 Å². The number of nitrogens with zero attached hydrogens (tertiary/aromatic N) is 2. The molecule has 3 fully saturated rings. The lowest BCUT2D eigenvalue weighted by molar-refractivity contribution is 0.197. The molecule has 1 saturated carbocycles. The maximum Gasteiger partial charge on any atom is 0.0235 e. The summed E-state index contributed by atoms with van der Waals surface area (Å²) in [6.45, 7) is 6.73. The van der Waals surface area contributed by atoms with Gasteiger partial charge in [-0.15, -0.1) is 0 Å². The SMILES string of the molecule is NC1CCC(CN2CCC(N3CCCC3)C2)CC1. The van der Waals surface area contributed by atoms with E-state index in [4.69, 9.17) is 5.73 Å². The van der Waals surface area contributed by atoms with Crippen LogP contribution in [0.3, 0.4) is 0 Å². The predicted octanol–water partition coefficient (Wildman–Crippen LogP) is 1.67. The van der Waals surface area contributed by atoms with E-state index in [1.807, 2.05) is 0 Å². The second kappa shape index (κ2) is 5.89. The second-order valence-corrected chi connectivity index (χ2v) is 6.73. The van der Waals surface area contributed by atoms with E-state index >= 15 is 0 Å². The first-order chi connectivity index (χ1) is 8.81. The number of hydrogen-bond acceptors (Lipinski definition) is 3. The summed E-state index contributed by atoms with van der Waals surface area (Å²) in [6, 6.07) is 1.37. The van der Waals surface area contributed by atoms with Crippen molar-refractivity contribution in [3.05, 3.63) is 0 Å². The summed E-state index contributed by atoms with van der Waals surface area (Å²) in [6.07, 6.45) is 9.51. The van der Waals surface area contributed by atoms with E-state index in [0.717, 1.165) is 12.0 Å². The van der Waals surface area contributed by atoms with Crippen LogP contribution in [0.4, 0.5) is 0 Å². The molecule has 0 aromatic rings. The third kappa shape index (κ3) is 3.06. The molecule has 3 rings (SSSR count). The van der Waals surface area contributed by atoms with Gasteiger partial charge >= 0.3 is 0 Å². The molecule has 0 amide bonds. The van der Waals surface area contributed by atoms with Gasteiger partial charge < -0.3 is 10.6 Å². The molecule has 0 spiro atoms. The van der Waals surface area contributed by atoms with Crippen molar-refractivity contribution in [3.8, 4) is 0 Å². The van der Waals surface area contributed by atoms with Crippen LogP contribution in [0.15, 0.2) is 0 Å². The van der Waals surface area contributed by atoms with E-state index in [2.05, 4.69) is 9.80 Å². The average molecular weight is 251 g/mol. The summed E-state index contributed by atoms with van der Waals surface area (Å²) < 4.78 is 0. The molecule has 18 heavy (non-hydrogen) atoms. The molecule has 0 bridgehead atoms. The van der Waals surface area contributed by atoms with Gasteiger partial charge in [-0.25, -0.2) is 0 Å². The minimum atomic E-state index is 0.497. The smallest absolute Gasteiger partial charge is 0.0235 e. The fraction of sp³-hybridized carbons (Fsp3) is 1.00. The van der Waals surface area contributed by atoms with E-state index < -0.39 is 0 Å². The normalized spacial score (nSPS) is 39.5. The molecule has 2 heterocycles. The van der Waals surface area contributed by atoms with Crippen LogP contribution in [0, 0.1) is 5.92 Å². The van der Waals surface area contributed by atoms with Crippen LogP contribution in [-0.2, 0) is 0 Å². The highest BCUT2D eigenvalue weighted by molar-refractivity contribution is 4.87. The standard InChI is InChI=1S/C15H29N3/c16-14-5-3-13(4-6-14)11-17-10-7-15(12-17)18-8-1-2-9-18/h13-15H,1-12,16H2. The zero-order valence-electron chi connectivity index (χ0n) is 11.7. The van der Waals surface area contributed by atoms with Crippen LogP contribution >= 0.6 is 0 Å². The van der Waals surface area contributed by atoms with Gasteiger partial charge in [-0.05, 0) is 70.5 Å². The molecule has 104 valence electrons. The molecule has 2 N–H and O–H groups in total. The molecule has 0 aromatic carbocycles. The first-order valence-corrected chi connectivity index (χ1v) is 8.03. The first kappa shape index (κ1) is 12.9. The maximum absolute atomic E-state index is 5.99. The van der Waals surface area contributed by atoms with E-state index in [1.165, 1.54) is 77.7 Å². The number of hydrogen-bond donors (Lipinski definition) is 1. The topological polar surface area (TPSA) is 32.5 Å². The molecule has 1 atom stereocenters. The highest BCUT2D eigenvalue weighted by atomic mass is 15.3. The number of likely N-dealkylation sites (tertiary alicyclic amines) is 2. The van der Waals surface area contributed by atoms with Gasteiger partial charge in [-0.2, -0.15) is 0 Å². The van der Waals surface area contributed by atoms with Gasteiger partial charge in [0.05, 0.1) is 0 Å². The van der Waals surface area contributed by atoms with Gasteiger partial charge in [0.1, 0.15) is 0 Å². The summed E-state index contributed by atoms with van der Waals surface area (Å²) in [7, 11) is 0. The largest absolute Gasteiger partial charge is 0.328 e. The fourth-order valence-corrected chi connectivity index (χ4v) is 4.12.